The fourth-order valence-electron chi connectivity index (χ4n) is 1.01. The fraction of sp³-hybridized carbons (Fsp3) is 0.125. The Labute approximate surface area is 64.2 Å². The van der Waals surface area contributed by atoms with Crippen LogP contribution < -0.4 is 0 Å². The number of rotatable bonds is 1. The van der Waals surface area contributed by atoms with E-state index in [0.717, 1.165) is 11.4 Å². The number of hydrogen-bond acceptors (Lipinski definition) is 2. The Hall–Kier alpha value is -1.51. The zero-order chi connectivity index (χ0) is 7.68. The van der Waals surface area contributed by atoms with E-state index in [1.54, 1.807) is 6.26 Å². The zero-order valence-corrected chi connectivity index (χ0v) is 6.19. The Kier molecular flexibility index (Phi) is 1.28. The first-order valence-corrected chi connectivity index (χ1v) is 3.42. The summed E-state index contributed by atoms with van der Waals surface area (Å²) in [5, 5.41) is 3.85. The molecule has 0 aliphatic carbocycles. The average Bonchev–Trinajstić information content (AvgIpc) is 2.55. The Morgan fingerprint density at radius 2 is 2.09 bits per heavy atom. The molecule has 0 aliphatic heterocycles. The predicted molar refractivity (Wildman–Crippen MR) is 40.6 cm³/mol. The van der Waals surface area contributed by atoms with Crippen LogP contribution >= 0.6 is 0 Å². The lowest BCUT2D eigenvalue weighted by Gasteiger charge is -1.94. The number of aromatic nitrogens is 2. The summed E-state index contributed by atoms with van der Waals surface area (Å²) < 4.78 is 6.71. The highest BCUT2D eigenvalue weighted by molar-refractivity contribution is 5.29. The number of hydrogen-bond donors (Lipinski definition) is 0. The predicted octanol–water partition coefficient (Wildman–Crippen LogP) is 1.77. The molecule has 0 saturated carbocycles. The van der Waals surface area contributed by atoms with E-state index in [4.69, 9.17) is 4.52 Å². The molecule has 2 rings (SSSR count). The van der Waals surface area contributed by atoms with Gasteiger partial charge in [0.05, 0.1) is 0 Å². The van der Waals surface area contributed by atoms with Gasteiger partial charge in [0.15, 0.2) is 5.82 Å². The molecular weight excluding hydrogens is 140 g/mol. The van der Waals surface area contributed by atoms with Crippen molar-refractivity contribution in [2.24, 2.45) is 0 Å². The van der Waals surface area contributed by atoms with Crippen molar-refractivity contribution in [3.8, 4) is 5.82 Å². The summed E-state index contributed by atoms with van der Waals surface area (Å²) in [6, 6.07) is 3.90. The second kappa shape index (κ2) is 2.27. The summed E-state index contributed by atoms with van der Waals surface area (Å²) >= 11 is 0. The van der Waals surface area contributed by atoms with Gasteiger partial charge in [0.1, 0.15) is 6.26 Å². The standard InChI is InChI=1S/C8H8N2O/c1-7-6-11-9-8(7)10-4-2-3-5-10/h2-6H,1H3. The molecule has 56 valence electrons. The topological polar surface area (TPSA) is 31.0 Å². The highest BCUT2D eigenvalue weighted by Gasteiger charge is 2.02. The van der Waals surface area contributed by atoms with E-state index in [9.17, 15) is 0 Å². The first-order valence-electron chi connectivity index (χ1n) is 3.42. The third-order valence-electron chi connectivity index (χ3n) is 1.57. The van der Waals surface area contributed by atoms with Crippen LogP contribution in [0, 0.1) is 6.92 Å². The smallest absolute Gasteiger partial charge is 0.182 e. The van der Waals surface area contributed by atoms with Gasteiger partial charge in [-0.2, -0.15) is 0 Å². The van der Waals surface area contributed by atoms with Crippen molar-refractivity contribution >= 4 is 0 Å². The molecule has 0 N–H and O–H groups in total. The van der Waals surface area contributed by atoms with Crippen LogP contribution in [0.25, 0.3) is 5.82 Å². The van der Waals surface area contributed by atoms with E-state index in [0.29, 0.717) is 0 Å². The largest absolute Gasteiger partial charge is 0.362 e. The minimum absolute atomic E-state index is 0.856. The monoisotopic (exact) mass is 148 g/mol. The van der Waals surface area contributed by atoms with Gasteiger partial charge < -0.3 is 9.09 Å². The van der Waals surface area contributed by atoms with Gasteiger partial charge in [0.2, 0.25) is 0 Å². The molecule has 0 fully saturated rings. The maximum absolute atomic E-state index is 4.80. The summed E-state index contributed by atoms with van der Waals surface area (Å²) in [6.45, 7) is 1.96. The Bertz CT molecular complexity index is 335. The lowest BCUT2D eigenvalue weighted by molar-refractivity contribution is 0.416. The summed E-state index contributed by atoms with van der Waals surface area (Å²) in [4.78, 5) is 0. The van der Waals surface area contributed by atoms with Crippen LogP contribution in [0.3, 0.4) is 0 Å². The molecule has 0 bridgehead atoms. The summed E-state index contributed by atoms with van der Waals surface area (Å²) in [5.41, 5.74) is 1.04. The van der Waals surface area contributed by atoms with Crippen molar-refractivity contribution in [3.63, 3.8) is 0 Å². The molecule has 0 saturated heterocycles. The van der Waals surface area contributed by atoms with Gasteiger partial charge in [-0.3, -0.25) is 0 Å². The van der Waals surface area contributed by atoms with Crippen LogP contribution in [-0.4, -0.2) is 9.72 Å². The normalized spacial score (nSPS) is 10.3. The number of nitrogens with zero attached hydrogens (tertiary/aromatic N) is 2. The molecule has 2 aromatic rings. The van der Waals surface area contributed by atoms with E-state index in [1.165, 1.54) is 0 Å². The van der Waals surface area contributed by atoms with Crippen molar-refractivity contribution in [2.75, 3.05) is 0 Å². The molecule has 0 aromatic carbocycles. The van der Waals surface area contributed by atoms with Crippen LogP contribution in [0.4, 0.5) is 0 Å². The fourth-order valence-corrected chi connectivity index (χ4v) is 1.01. The van der Waals surface area contributed by atoms with Gasteiger partial charge in [-0.1, -0.05) is 5.16 Å². The van der Waals surface area contributed by atoms with Crippen LogP contribution in [0.5, 0.6) is 0 Å². The second-order valence-electron chi connectivity index (χ2n) is 2.41. The van der Waals surface area contributed by atoms with Crippen molar-refractivity contribution < 1.29 is 4.52 Å². The maximum Gasteiger partial charge on any atom is 0.182 e. The van der Waals surface area contributed by atoms with Crippen molar-refractivity contribution in [3.05, 3.63) is 36.4 Å². The lowest BCUT2D eigenvalue weighted by atomic mass is 10.4. The van der Waals surface area contributed by atoms with E-state index < -0.39 is 0 Å². The van der Waals surface area contributed by atoms with Gasteiger partial charge in [0.25, 0.3) is 0 Å². The highest BCUT2D eigenvalue weighted by Crippen LogP contribution is 2.10. The highest BCUT2D eigenvalue weighted by atomic mass is 16.5. The average molecular weight is 148 g/mol. The molecule has 3 nitrogen and oxygen atoms in total. The molecule has 2 heterocycles. The lowest BCUT2D eigenvalue weighted by Crippen LogP contribution is -1.90. The van der Waals surface area contributed by atoms with Crippen LogP contribution in [0.15, 0.2) is 35.3 Å². The van der Waals surface area contributed by atoms with Crippen LogP contribution in [-0.2, 0) is 0 Å². The van der Waals surface area contributed by atoms with Gasteiger partial charge in [0, 0.05) is 18.0 Å². The third kappa shape index (κ3) is 0.941. The summed E-state index contributed by atoms with van der Waals surface area (Å²) in [7, 11) is 0. The first-order chi connectivity index (χ1) is 5.38. The molecule has 0 radical (unpaired) electrons. The zero-order valence-electron chi connectivity index (χ0n) is 6.19. The molecule has 0 unspecified atom stereocenters. The SMILES string of the molecule is Cc1conc1-n1cccc1. The second-order valence-corrected chi connectivity index (χ2v) is 2.41. The molecular formula is C8H8N2O. The van der Waals surface area contributed by atoms with E-state index >= 15 is 0 Å². The minimum Gasteiger partial charge on any atom is -0.362 e. The van der Waals surface area contributed by atoms with Gasteiger partial charge in [-0.15, -0.1) is 0 Å². The molecule has 11 heavy (non-hydrogen) atoms. The molecule has 0 atom stereocenters. The van der Waals surface area contributed by atoms with Crippen molar-refractivity contribution in [2.45, 2.75) is 6.92 Å². The Morgan fingerprint density at radius 1 is 1.36 bits per heavy atom. The van der Waals surface area contributed by atoms with Crippen molar-refractivity contribution in [1.29, 1.82) is 0 Å². The van der Waals surface area contributed by atoms with Crippen LogP contribution in [0.1, 0.15) is 5.56 Å². The van der Waals surface area contributed by atoms with Gasteiger partial charge in [-0.05, 0) is 19.1 Å². The van der Waals surface area contributed by atoms with E-state index in [2.05, 4.69) is 5.16 Å². The Balaban J connectivity index is 2.53. The molecule has 3 heteroatoms. The molecule has 0 aliphatic rings. The summed E-state index contributed by atoms with van der Waals surface area (Å²) in [6.07, 6.45) is 5.50. The van der Waals surface area contributed by atoms with Gasteiger partial charge in [-0.25, -0.2) is 0 Å². The number of aryl methyl sites for hydroxylation is 1. The van der Waals surface area contributed by atoms with Crippen molar-refractivity contribution in [1.82, 2.24) is 9.72 Å². The maximum atomic E-state index is 4.80. The summed E-state index contributed by atoms with van der Waals surface area (Å²) in [5.74, 6) is 0.856. The van der Waals surface area contributed by atoms with Crippen LogP contribution in [0.2, 0.25) is 0 Å². The third-order valence-corrected chi connectivity index (χ3v) is 1.57. The molecule has 2 aromatic heterocycles. The quantitative estimate of drug-likeness (QED) is 0.617. The first kappa shape index (κ1) is 6.22. The van der Waals surface area contributed by atoms with E-state index in [-0.39, 0.29) is 0 Å². The molecule has 0 amide bonds. The van der Waals surface area contributed by atoms with Gasteiger partial charge >= 0.3 is 0 Å². The minimum atomic E-state index is 0.856. The van der Waals surface area contributed by atoms with E-state index in [1.807, 2.05) is 36.0 Å². The Morgan fingerprint density at radius 3 is 2.64 bits per heavy atom. The molecule has 0 spiro atoms.